The van der Waals surface area contributed by atoms with Gasteiger partial charge in [0.15, 0.2) is 12.3 Å². The van der Waals surface area contributed by atoms with Crippen LogP contribution in [0.3, 0.4) is 0 Å². The summed E-state index contributed by atoms with van der Waals surface area (Å²) >= 11 is 3.75. The lowest BCUT2D eigenvalue weighted by atomic mass is 9.98. The number of thiophene rings is 2. The Morgan fingerprint density at radius 1 is 0.483 bits per heavy atom. The molecule has 0 saturated carbocycles. The molecule has 0 atom stereocenters. The Labute approximate surface area is 354 Å². The van der Waals surface area contributed by atoms with Crippen molar-refractivity contribution in [1.29, 1.82) is 0 Å². The van der Waals surface area contributed by atoms with Gasteiger partial charge in [-0.15, -0.1) is 22.7 Å². The molecule has 13 rings (SSSR count). The van der Waals surface area contributed by atoms with Gasteiger partial charge in [-0.3, -0.25) is 4.68 Å². The van der Waals surface area contributed by atoms with E-state index in [1.165, 1.54) is 112 Å². The van der Waals surface area contributed by atoms with E-state index in [2.05, 4.69) is 197 Å². The third kappa shape index (κ3) is 5.16. The van der Waals surface area contributed by atoms with Gasteiger partial charge in [0.25, 0.3) is 0 Å². The summed E-state index contributed by atoms with van der Waals surface area (Å²) in [5, 5.41) is 12.7. The lowest BCUT2D eigenvalue weighted by Crippen LogP contribution is -2.22. The first-order chi connectivity index (χ1) is 29.7. The van der Waals surface area contributed by atoms with Crippen LogP contribution in [-0.4, -0.2) is 15.0 Å². The SMILES string of the molecule is C1=C(c2cccc3sc4ccccc4c23)[N-][N+](Cc2c(-n3c4ccccc4c4cc5ccccc5cc43)ccc3sc4cc5ccccc5cc4c23)=C(c2ccccc2)C1. The number of nitrogens with zero attached hydrogens (tertiary/aromatic N) is 3. The van der Waals surface area contributed by atoms with Crippen LogP contribution in [0.5, 0.6) is 0 Å². The highest BCUT2D eigenvalue weighted by atomic mass is 32.1. The van der Waals surface area contributed by atoms with Crippen molar-refractivity contribution >= 4 is 118 Å². The van der Waals surface area contributed by atoms with Crippen molar-refractivity contribution in [1.82, 2.24) is 4.57 Å². The molecule has 9 aromatic carbocycles. The maximum absolute atomic E-state index is 5.71. The summed E-state index contributed by atoms with van der Waals surface area (Å²) in [7, 11) is 0. The van der Waals surface area contributed by atoms with Gasteiger partial charge in [0, 0.05) is 68.7 Å². The monoisotopic (exact) mass is 801 g/mol. The molecule has 3 nitrogen and oxygen atoms in total. The van der Waals surface area contributed by atoms with E-state index in [4.69, 9.17) is 5.43 Å². The average Bonchev–Trinajstić information content (AvgIpc) is 3.97. The van der Waals surface area contributed by atoms with Crippen molar-refractivity contribution in [3.63, 3.8) is 0 Å². The van der Waals surface area contributed by atoms with Gasteiger partial charge in [-0.05, 0) is 93.8 Å². The fraction of sp³-hybridized carbons (Fsp3) is 0.0364. The fourth-order valence-corrected chi connectivity index (χ4v) is 12.1. The van der Waals surface area contributed by atoms with Gasteiger partial charge in [-0.2, -0.15) is 0 Å². The van der Waals surface area contributed by atoms with Gasteiger partial charge in [-0.1, -0.05) is 127 Å². The largest absolute Gasteiger partial charge is 0.410 e. The smallest absolute Gasteiger partial charge is 0.183 e. The number of fused-ring (bicyclic) bond motifs is 11. The number of benzene rings is 9. The molecule has 282 valence electrons. The second-order valence-corrected chi connectivity index (χ2v) is 18.0. The molecule has 1 aliphatic rings. The zero-order chi connectivity index (χ0) is 39.3. The second kappa shape index (κ2) is 13.2. The van der Waals surface area contributed by atoms with Crippen molar-refractivity contribution in [3.05, 3.63) is 210 Å². The van der Waals surface area contributed by atoms with E-state index in [-0.39, 0.29) is 0 Å². The van der Waals surface area contributed by atoms with Gasteiger partial charge in [-0.25, -0.2) is 0 Å². The molecule has 60 heavy (non-hydrogen) atoms. The van der Waals surface area contributed by atoms with Crippen LogP contribution in [-0.2, 0) is 6.54 Å². The molecule has 0 saturated heterocycles. The molecule has 0 amide bonds. The first-order valence-corrected chi connectivity index (χ1v) is 22.2. The van der Waals surface area contributed by atoms with Gasteiger partial charge < -0.3 is 9.99 Å². The lowest BCUT2D eigenvalue weighted by molar-refractivity contribution is -0.489. The maximum Gasteiger partial charge on any atom is 0.183 e. The van der Waals surface area contributed by atoms with E-state index < -0.39 is 0 Å². The Kier molecular flexibility index (Phi) is 7.47. The van der Waals surface area contributed by atoms with Gasteiger partial charge in [0.05, 0.1) is 16.7 Å². The molecule has 3 aromatic heterocycles. The number of allylic oxidation sites excluding steroid dienone is 1. The van der Waals surface area contributed by atoms with Crippen LogP contribution in [0, 0.1) is 0 Å². The Morgan fingerprint density at radius 3 is 1.97 bits per heavy atom. The average molecular weight is 802 g/mol. The van der Waals surface area contributed by atoms with Crippen LogP contribution < -0.4 is 0 Å². The molecule has 0 N–H and O–H groups in total. The van der Waals surface area contributed by atoms with Crippen LogP contribution in [0.25, 0.3) is 101 Å². The van der Waals surface area contributed by atoms with Crippen molar-refractivity contribution in [3.8, 4) is 5.69 Å². The van der Waals surface area contributed by atoms with E-state index in [1.54, 1.807) is 0 Å². The summed E-state index contributed by atoms with van der Waals surface area (Å²) in [5.41, 5.74) is 15.1. The summed E-state index contributed by atoms with van der Waals surface area (Å²) in [6, 6.07) is 67.0. The van der Waals surface area contributed by atoms with Crippen molar-refractivity contribution in [2.45, 2.75) is 13.0 Å². The van der Waals surface area contributed by atoms with E-state index >= 15 is 0 Å². The molecule has 12 aromatic rings. The van der Waals surface area contributed by atoms with Gasteiger partial charge in [0.1, 0.15) is 0 Å². The minimum atomic E-state index is 0.592. The fourth-order valence-electron chi connectivity index (χ4n) is 9.76. The zero-order valence-corrected chi connectivity index (χ0v) is 34.1. The molecule has 4 heterocycles. The first kappa shape index (κ1) is 33.9. The number of rotatable bonds is 5. The van der Waals surface area contributed by atoms with Crippen molar-refractivity contribution < 1.29 is 4.68 Å². The number of para-hydroxylation sites is 1. The number of aromatic nitrogens is 1. The highest BCUT2D eigenvalue weighted by Gasteiger charge is 2.25. The normalized spacial score (nSPS) is 13.5. The molecule has 0 bridgehead atoms. The highest BCUT2D eigenvalue weighted by Crippen LogP contribution is 2.45. The van der Waals surface area contributed by atoms with Crippen LogP contribution in [0.2, 0.25) is 0 Å². The predicted molar refractivity (Wildman–Crippen MR) is 258 cm³/mol. The number of hydrogen-bond acceptors (Lipinski definition) is 2. The van der Waals surface area contributed by atoms with Crippen LogP contribution in [0.4, 0.5) is 0 Å². The molecular formula is C55H35N3S2. The summed E-state index contributed by atoms with van der Waals surface area (Å²) in [6.07, 6.45) is 3.11. The van der Waals surface area contributed by atoms with Crippen LogP contribution in [0.1, 0.15) is 23.1 Å². The first-order valence-electron chi connectivity index (χ1n) is 20.5. The minimum Gasteiger partial charge on any atom is -0.410 e. The summed E-state index contributed by atoms with van der Waals surface area (Å²) < 4.78 is 10.0. The second-order valence-electron chi connectivity index (χ2n) is 15.8. The minimum absolute atomic E-state index is 0.592. The van der Waals surface area contributed by atoms with E-state index in [9.17, 15) is 0 Å². The third-order valence-corrected chi connectivity index (χ3v) is 14.7. The maximum atomic E-state index is 5.71. The summed E-state index contributed by atoms with van der Waals surface area (Å²) in [4.78, 5) is 0. The Balaban J connectivity index is 1.09. The van der Waals surface area contributed by atoms with Crippen molar-refractivity contribution in [2.75, 3.05) is 0 Å². The van der Waals surface area contributed by atoms with E-state index in [1.807, 2.05) is 22.7 Å². The highest BCUT2D eigenvalue weighted by molar-refractivity contribution is 7.26. The topological polar surface area (TPSA) is 22.0 Å². The Morgan fingerprint density at radius 2 is 1.13 bits per heavy atom. The van der Waals surface area contributed by atoms with Gasteiger partial charge in [0.2, 0.25) is 0 Å². The van der Waals surface area contributed by atoms with Crippen molar-refractivity contribution in [2.24, 2.45) is 0 Å². The summed E-state index contributed by atoms with van der Waals surface area (Å²) in [5.74, 6) is 0. The lowest BCUT2D eigenvalue weighted by Gasteiger charge is -2.30. The third-order valence-electron chi connectivity index (χ3n) is 12.5. The molecule has 0 radical (unpaired) electrons. The zero-order valence-electron chi connectivity index (χ0n) is 32.5. The molecule has 1 aliphatic heterocycles. The Hall–Kier alpha value is -7.05. The molecular weight excluding hydrogens is 767 g/mol. The van der Waals surface area contributed by atoms with E-state index in [0.29, 0.717) is 6.54 Å². The van der Waals surface area contributed by atoms with Crippen LogP contribution >= 0.6 is 22.7 Å². The quantitative estimate of drug-likeness (QED) is 0.155. The molecule has 5 heteroatoms. The molecule has 0 fully saturated rings. The number of hydrogen-bond donors (Lipinski definition) is 0. The molecule has 0 aliphatic carbocycles. The summed E-state index contributed by atoms with van der Waals surface area (Å²) in [6.45, 7) is 0.592. The van der Waals surface area contributed by atoms with Crippen LogP contribution in [0.15, 0.2) is 188 Å². The molecule has 0 unspecified atom stereocenters. The predicted octanol–water partition coefficient (Wildman–Crippen LogP) is 15.6. The standard InChI is InChI=1S/C55H35N3S2/c1-2-13-34(14-3-1)46-26-25-45(40-21-12-24-51-54(40)41-20-9-11-23-50(41)59-51)56-57(46)33-44-48(27-28-52-55(44)43-30-36-16-5-7-18-38(36)32-53(43)60-52)58-47-22-10-8-19-39(47)42-29-35-15-4-6-17-37(35)31-49(42)58/h1-25,27-32H,26,33H2. The molecule has 0 spiro atoms. The van der Waals surface area contributed by atoms with E-state index in [0.717, 1.165) is 12.1 Å². The van der Waals surface area contributed by atoms with Gasteiger partial charge >= 0.3 is 0 Å². The Bertz CT molecular complexity index is 3810.